The Hall–Kier alpha value is -0.570. The van der Waals surface area contributed by atoms with E-state index in [2.05, 4.69) is 16.2 Å². The van der Waals surface area contributed by atoms with Gasteiger partial charge in [0.05, 0.1) is 6.42 Å². The highest BCUT2D eigenvalue weighted by atomic mass is 35.5. The van der Waals surface area contributed by atoms with Gasteiger partial charge in [0.15, 0.2) is 0 Å². The van der Waals surface area contributed by atoms with E-state index in [0.717, 1.165) is 0 Å². The van der Waals surface area contributed by atoms with Crippen molar-refractivity contribution in [2.45, 2.75) is 19.8 Å². The van der Waals surface area contributed by atoms with Gasteiger partial charge in [-0.25, -0.2) is 0 Å². The molecule has 0 aliphatic carbocycles. The van der Waals surface area contributed by atoms with Crippen LogP contribution in [0.4, 0.5) is 0 Å². The van der Waals surface area contributed by atoms with Gasteiger partial charge in [0.1, 0.15) is 17.6 Å². The summed E-state index contributed by atoms with van der Waals surface area (Å²) in [4.78, 5) is 20.4. The van der Waals surface area contributed by atoms with E-state index in [9.17, 15) is 9.59 Å². The van der Waals surface area contributed by atoms with Crippen LogP contribution in [0.3, 0.4) is 0 Å². The number of halogens is 1. The molecule has 3 nitrogen and oxygen atoms in total. The Bertz CT molecular complexity index is 121. The van der Waals surface area contributed by atoms with Crippen molar-refractivity contribution in [2.24, 2.45) is 0 Å². The molecule has 0 radical (unpaired) electrons. The summed E-state index contributed by atoms with van der Waals surface area (Å²) < 4.78 is 3.78. The van der Waals surface area contributed by atoms with Crippen LogP contribution >= 0.6 is 11.9 Å². The molecule has 52 valence electrons. The first-order chi connectivity index (χ1) is 4.16. The molecule has 0 rings (SSSR count). The van der Waals surface area contributed by atoms with Crippen LogP contribution in [0.25, 0.3) is 0 Å². The first-order valence-electron chi connectivity index (χ1n) is 2.47. The van der Waals surface area contributed by atoms with Gasteiger partial charge in [-0.1, -0.05) is 0 Å². The minimum atomic E-state index is -0.563. The van der Waals surface area contributed by atoms with Gasteiger partial charge in [0.25, 0.3) is 0 Å². The van der Waals surface area contributed by atoms with Crippen LogP contribution in [0.1, 0.15) is 19.8 Å². The highest BCUT2D eigenvalue weighted by Gasteiger charge is 2.02. The molecular formula is C5H7ClO3. The van der Waals surface area contributed by atoms with Crippen LogP contribution in [0.15, 0.2) is 0 Å². The number of Topliss-reactive ketones (excluding diaryl/α,β-unsaturated/α-hetero) is 1. The molecule has 0 aliphatic rings. The Labute approximate surface area is 58.1 Å². The predicted molar refractivity (Wildman–Crippen MR) is 31.9 cm³/mol. The van der Waals surface area contributed by atoms with Crippen LogP contribution in [0.2, 0.25) is 0 Å². The summed E-state index contributed by atoms with van der Waals surface area (Å²) >= 11 is 4.67. The Morgan fingerprint density at radius 3 is 2.33 bits per heavy atom. The Kier molecular flexibility index (Phi) is 4.05. The molecule has 4 heteroatoms. The SMILES string of the molecule is CC(=O)CCC(=O)OCl. The highest BCUT2D eigenvalue weighted by Crippen LogP contribution is 1.94. The molecule has 0 bridgehead atoms. The van der Waals surface area contributed by atoms with Crippen LogP contribution in [0, 0.1) is 0 Å². The van der Waals surface area contributed by atoms with Crippen molar-refractivity contribution in [3.63, 3.8) is 0 Å². The molecule has 0 aromatic carbocycles. The molecule has 0 aromatic rings. The first kappa shape index (κ1) is 8.43. The maximum atomic E-state index is 10.2. The summed E-state index contributed by atoms with van der Waals surface area (Å²) in [5.74, 6) is -0.607. The van der Waals surface area contributed by atoms with E-state index in [0.29, 0.717) is 0 Å². The molecular weight excluding hydrogens is 144 g/mol. The van der Waals surface area contributed by atoms with Crippen molar-refractivity contribution in [3.8, 4) is 0 Å². The lowest BCUT2D eigenvalue weighted by molar-refractivity contribution is -0.135. The van der Waals surface area contributed by atoms with E-state index in [-0.39, 0.29) is 18.6 Å². The van der Waals surface area contributed by atoms with Crippen molar-refractivity contribution < 1.29 is 13.9 Å². The van der Waals surface area contributed by atoms with E-state index in [1.165, 1.54) is 6.92 Å². The third-order valence-corrected chi connectivity index (χ3v) is 0.939. The fraction of sp³-hybridized carbons (Fsp3) is 0.600. The number of carbonyl (C=O) groups is 2. The summed E-state index contributed by atoms with van der Waals surface area (Å²) in [6, 6.07) is 0. The molecule has 0 aromatic heterocycles. The Morgan fingerprint density at radius 1 is 1.44 bits per heavy atom. The molecule has 0 aliphatic heterocycles. The lowest BCUT2D eigenvalue weighted by atomic mass is 10.2. The summed E-state index contributed by atoms with van der Waals surface area (Å²) in [5, 5.41) is 0. The standard InChI is InChI=1S/C5H7ClO3/c1-4(7)2-3-5(8)9-6/h2-3H2,1H3. The molecule has 0 unspecified atom stereocenters. The maximum absolute atomic E-state index is 10.2. The van der Waals surface area contributed by atoms with Crippen LogP contribution < -0.4 is 0 Å². The fourth-order valence-electron chi connectivity index (χ4n) is 0.317. The van der Waals surface area contributed by atoms with E-state index in [1.54, 1.807) is 0 Å². The summed E-state index contributed by atoms with van der Waals surface area (Å²) in [7, 11) is 0. The average molecular weight is 151 g/mol. The minimum absolute atomic E-state index is 0.0444. The molecule has 0 amide bonds. The molecule has 0 saturated carbocycles. The Morgan fingerprint density at radius 2 is 2.00 bits per heavy atom. The van der Waals surface area contributed by atoms with Crippen molar-refractivity contribution in [1.82, 2.24) is 0 Å². The van der Waals surface area contributed by atoms with E-state index < -0.39 is 5.97 Å². The van der Waals surface area contributed by atoms with Gasteiger partial charge in [0.2, 0.25) is 0 Å². The quantitative estimate of drug-likeness (QED) is 0.604. The zero-order valence-electron chi connectivity index (χ0n) is 5.02. The van der Waals surface area contributed by atoms with Gasteiger partial charge >= 0.3 is 5.97 Å². The van der Waals surface area contributed by atoms with Gasteiger partial charge in [0, 0.05) is 6.42 Å². The van der Waals surface area contributed by atoms with Crippen molar-refractivity contribution in [1.29, 1.82) is 0 Å². The minimum Gasteiger partial charge on any atom is -0.348 e. The van der Waals surface area contributed by atoms with E-state index in [1.807, 2.05) is 0 Å². The maximum Gasteiger partial charge on any atom is 0.325 e. The molecule has 0 spiro atoms. The second-order valence-electron chi connectivity index (χ2n) is 1.65. The number of carbonyl (C=O) groups excluding carboxylic acids is 2. The first-order valence-corrected chi connectivity index (χ1v) is 2.78. The third-order valence-electron chi connectivity index (χ3n) is 0.767. The number of hydrogen-bond acceptors (Lipinski definition) is 3. The monoisotopic (exact) mass is 150 g/mol. The fourth-order valence-corrected chi connectivity index (χ4v) is 0.394. The zero-order valence-corrected chi connectivity index (χ0v) is 5.77. The predicted octanol–water partition coefficient (Wildman–Crippen LogP) is 1.05. The van der Waals surface area contributed by atoms with Gasteiger partial charge in [-0.05, 0) is 6.92 Å². The summed E-state index contributed by atoms with van der Waals surface area (Å²) in [6.07, 6.45) is 0.268. The van der Waals surface area contributed by atoms with E-state index in [4.69, 9.17) is 0 Å². The largest absolute Gasteiger partial charge is 0.348 e. The second-order valence-corrected chi connectivity index (χ2v) is 1.81. The normalized spacial score (nSPS) is 8.67. The topological polar surface area (TPSA) is 43.4 Å². The molecule has 0 fully saturated rings. The summed E-state index contributed by atoms with van der Waals surface area (Å²) in [6.45, 7) is 1.40. The second kappa shape index (κ2) is 4.32. The smallest absolute Gasteiger partial charge is 0.325 e. The van der Waals surface area contributed by atoms with Gasteiger partial charge in [-0.2, -0.15) is 0 Å². The number of hydrogen-bond donors (Lipinski definition) is 0. The van der Waals surface area contributed by atoms with Crippen LogP contribution in [-0.2, 0) is 13.9 Å². The molecule has 0 N–H and O–H groups in total. The average Bonchev–Trinajstić information content (AvgIpc) is 1.83. The van der Waals surface area contributed by atoms with Gasteiger partial charge < -0.3 is 9.08 Å². The van der Waals surface area contributed by atoms with Crippen molar-refractivity contribution in [3.05, 3.63) is 0 Å². The van der Waals surface area contributed by atoms with E-state index >= 15 is 0 Å². The lowest BCUT2D eigenvalue weighted by Gasteiger charge is -1.90. The zero-order chi connectivity index (χ0) is 7.28. The van der Waals surface area contributed by atoms with Crippen LogP contribution in [0.5, 0.6) is 0 Å². The number of ketones is 1. The third kappa shape index (κ3) is 5.30. The number of rotatable bonds is 3. The van der Waals surface area contributed by atoms with Gasteiger partial charge in [-0.3, -0.25) is 4.79 Å². The van der Waals surface area contributed by atoms with Gasteiger partial charge in [-0.15, -0.1) is 0 Å². The Balaban J connectivity index is 3.28. The molecule has 0 saturated heterocycles. The molecule has 0 heterocycles. The van der Waals surface area contributed by atoms with Crippen molar-refractivity contribution >= 4 is 23.6 Å². The van der Waals surface area contributed by atoms with Crippen LogP contribution in [-0.4, -0.2) is 11.8 Å². The molecule has 9 heavy (non-hydrogen) atoms. The molecule has 0 atom stereocenters. The summed E-state index contributed by atoms with van der Waals surface area (Å²) in [5.41, 5.74) is 0. The van der Waals surface area contributed by atoms with Crippen molar-refractivity contribution in [2.75, 3.05) is 0 Å². The lowest BCUT2D eigenvalue weighted by Crippen LogP contribution is -1.99. The highest BCUT2D eigenvalue weighted by molar-refractivity contribution is 6.13.